The Morgan fingerprint density at radius 1 is 1.26 bits per heavy atom. The van der Waals surface area contributed by atoms with E-state index in [0.717, 1.165) is 26.2 Å². The summed E-state index contributed by atoms with van der Waals surface area (Å²) in [6.07, 6.45) is 3.49. The SMILES string of the molecule is O=S(=O)(CCN1CCNCC1)NCCn1cccn1. The van der Waals surface area contributed by atoms with Gasteiger partial charge in [0.1, 0.15) is 0 Å². The average molecular weight is 287 g/mol. The van der Waals surface area contributed by atoms with Gasteiger partial charge in [-0.1, -0.05) is 0 Å². The van der Waals surface area contributed by atoms with E-state index in [2.05, 4.69) is 20.0 Å². The highest BCUT2D eigenvalue weighted by atomic mass is 32.2. The van der Waals surface area contributed by atoms with Gasteiger partial charge in [0.25, 0.3) is 0 Å². The summed E-state index contributed by atoms with van der Waals surface area (Å²) in [5.74, 6) is 0.159. The van der Waals surface area contributed by atoms with E-state index in [-0.39, 0.29) is 5.75 Å². The maximum Gasteiger partial charge on any atom is 0.212 e. The lowest BCUT2D eigenvalue weighted by molar-refractivity contribution is 0.253. The Labute approximate surface area is 114 Å². The van der Waals surface area contributed by atoms with Gasteiger partial charge in [-0.3, -0.25) is 9.58 Å². The predicted octanol–water partition coefficient (Wildman–Crippen LogP) is -1.29. The molecule has 0 bridgehead atoms. The van der Waals surface area contributed by atoms with Crippen molar-refractivity contribution in [2.24, 2.45) is 0 Å². The molecule has 108 valence electrons. The van der Waals surface area contributed by atoms with E-state index in [9.17, 15) is 8.42 Å². The molecule has 1 aromatic heterocycles. The van der Waals surface area contributed by atoms with Crippen molar-refractivity contribution in [1.29, 1.82) is 0 Å². The molecule has 8 heteroatoms. The van der Waals surface area contributed by atoms with E-state index < -0.39 is 10.0 Å². The van der Waals surface area contributed by atoms with Crippen LogP contribution in [0.4, 0.5) is 0 Å². The van der Waals surface area contributed by atoms with Gasteiger partial charge in [-0.25, -0.2) is 13.1 Å². The second-order valence-corrected chi connectivity index (χ2v) is 6.50. The Bertz CT molecular complexity index is 453. The molecule has 1 aliphatic rings. The Balaban J connectivity index is 1.66. The van der Waals surface area contributed by atoms with Crippen molar-refractivity contribution in [1.82, 2.24) is 24.7 Å². The highest BCUT2D eigenvalue weighted by Crippen LogP contribution is 1.94. The molecular formula is C11H21N5O2S. The first-order valence-electron chi connectivity index (χ1n) is 6.53. The quantitative estimate of drug-likeness (QED) is 0.652. The summed E-state index contributed by atoms with van der Waals surface area (Å²) in [7, 11) is -3.19. The number of aromatic nitrogens is 2. The van der Waals surface area contributed by atoms with Crippen LogP contribution in [0.25, 0.3) is 0 Å². The minimum Gasteiger partial charge on any atom is -0.314 e. The van der Waals surface area contributed by atoms with E-state index >= 15 is 0 Å². The monoisotopic (exact) mass is 287 g/mol. The van der Waals surface area contributed by atoms with Gasteiger partial charge in [-0.2, -0.15) is 5.10 Å². The summed E-state index contributed by atoms with van der Waals surface area (Å²) < 4.78 is 28.0. The highest BCUT2D eigenvalue weighted by molar-refractivity contribution is 7.89. The summed E-state index contributed by atoms with van der Waals surface area (Å²) in [5, 5.41) is 7.27. The van der Waals surface area contributed by atoms with Crippen LogP contribution in [0.15, 0.2) is 18.5 Å². The Morgan fingerprint density at radius 3 is 2.74 bits per heavy atom. The molecule has 2 heterocycles. The number of hydrogen-bond acceptors (Lipinski definition) is 5. The number of nitrogens with zero attached hydrogens (tertiary/aromatic N) is 3. The zero-order valence-corrected chi connectivity index (χ0v) is 11.8. The van der Waals surface area contributed by atoms with E-state index in [0.29, 0.717) is 19.6 Å². The van der Waals surface area contributed by atoms with Crippen molar-refractivity contribution in [3.8, 4) is 0 Å². The van der Waals surface area contributed by atoms with Crippen LogP contribution in [0.5, 0.6) is 0 Å². The molecule has 7 nitrogen and oxygen atoms in total. The molecule has 2 rings (SSSR count). The number of hydrogen-bond donors (Lipinski definition) is 2. The minimum absolute atomic E-state index is 0.159. The zero-order valence-electron chi connectivity index (χ0n) is 11.0. The lowest BCUT2D eigenvalue weighted by Gasteiger charge is -2.26. The van der Waals surface area contributed by atoms with Crippen LogP contribution in [0.2, 0.25) is 0 Å². The third kappa shape index (κ3) is 5.27. The molecule has 0 aliphatic carbocycles. The molecule has 1 saturated heterocycles. The van der Waals surface area contributed by atoms with Crippen molar-refractivity contribution in [3.63, 3.8) is 0 Å². The predicted molar refractivity (Wildman–Crippen MR) is 73.3 cm³/mol. The van der Waals surface area contributed by atoms with Gasteiger partial charge >= 0.3 is 0 Å². The third-order valence-corrected chi connectivity index (χ3v) is 4.47. The van der Waals surface area contributed by atoms with Crippen molar-refractivity contribution in [2.45, 2.75) is 6.54 Å². The number of nitrogens with one attached hydrogen (secondary N) is 2. The maximum atomic E-state index is 11.8. The maximum absolute atomic E-state index is 11.8. The van der Waals surface area contributed by atoms with Crippen LogP contribution < -0.4 is 10.0 Å². The largest absolute Gasteiger partial charge is 0.314 e. The summed E-state index contributed by atoms with van der Waals surface area (Å²) in [6.45, 7) is 5.25. The van der Waals surface area contributed by atoms with Crippen LogP contribution in [0, 0.1) is 0 Å². The van der Waals surface area contributed by atoms with Gasteiger partial charge in [-0.15, -0.1) is 0 Å². The van der Waals surface area contributed by atoms with E-state index in [1.165, 1.54) is 0 Å². The van der Waals surface area contributed by atoms with Crippen LogP contribution >= 0.6 is 0 Å². The summed E-state index contributed by atoms with van der Waals surface area (Å²) >= 11 is 0. The third-order valence-electron chi connectivity index (χ3n) is 3.11. The molecule has 1 aromatic rings. The number of piperazine rings is 1. The molecule has 0 saturated carbocycles. The summed E-state index contributed by atoms with van der Waals surface area (Å²) in [4.78, 5) is 2.17. The van der Waals surface area contributed by atoms with Crippen molar-refractivity contribution < 1.29 is 8.42 Å². The smallest absolute Gasteiger partial charge is 0.212 e. The molecule has 1 fully saturated rings. The lowest BCUT2D eigenvalue weighted by atomic mass is 10.4. The van der Waals surface area contributed by atoms with Gasteiger partial charge in [0.2, 0.25) is 10.0 Å². The van der Waals surface area contributed by atoms with Gasteiger partial charge < -0.3 is 5.32 Å². The Hall–Kier alpha value is -0.960. The molecule has 0 radical (unpaired) electrons. The van der Waals surface area contributed by atoms with E-state index in [4.69, 9.17) is 0 Å². The first-order chi connectivity index (χ1) is 9.16. The molecule has 1 aliphatic heterocycles. The molecule has 0 atom stereocenters. The fourth-order valence-electron chi connectivity index (χ4n) is 2.00. The zero-order chi connectivity index (χ0) is 13.6. The number of sulfonamides is 1. The second-order valence-electron chi connectivity index (χ2n) is 4.57. The van der Waals surface area contributed by atoms with Gasteiger partial charge in [-0.05, 0) is 6.07 Å². The van der Waals surface area contributed by atoms with Gasteiger partial charge in [0.05, 0.1) is 12.3 Å². The highest BCUT2D eigenvalue weighted by Gasteiger charge is 2.14. The average Bonchev–Trinajstić information content (AvgIpc) is 2.91. The molecule has 2 N–H and O–H groups in total. The molecule has 0 unspecified atom stereocenters. The fraction of sp³-hybridized carbons (Fsp3) is 0.727. The van der Waals surface area contributed by atoms with Crippen molar-refractivity contribution in [3.05, 3.63) is 18.5 Å². The second kappa shape index (κ2) is 6.99. The summed E-state index contributed by atoms with van der Waals surface area (Å²) in [6, 6.07) is 1.82. The van der Waals surface area contributed by atoms with Crippen LogP contribution in [0.1, 0.15) is 0 Å². The molecule has 0 aromatic carbocycles. The lowest BCUT2D eigenvalue weighted by Crippen LogP contribution is -2.46. The van der Waals surface area contributed by atoms with Gasteiger partial charge in [0, 0.05) is 51.7 Å². The van der Waals surface area contributed by atoms with Crippen LogP contribution in [0.3, 0.4) is 0 Å². The van der Waals surface area contributed by atoms with Crippen LogP contribution in [-0.2, 0) is 16.6 Å². The summed E-state index contributed by atoms with van der Waals surface area (Å²) in [5.41, 5.74) is 0. The first-order valence-corrected chi connectivity index (χ1v) is 8.19. The standard InChI is InChI=1S/C11H21N5O2S/c17-19(18,11-10-15-7-3-12-4-8-15)14-5-9-16-6-1-2-13-16/h1-2,6,12,14H,3-5,7-11H2. The minimum atomic E-state index is -3.19. The van der Waals surface area contributed by atoms with E-state index in [1.807, 2.05) is 12.3 Å². The Morgan fingerprint density at radius 2 is 2.05 bits per heavy atom. The van der Waals surface area contributed by atoms with Crippen molar-refractivity contribution >= 4 is 10.0 Å². The van der Waals surface area contributed by atoms with E-state index in [1.54, 1.807) is 10.9 Å². The topological polar surface area (TPSA) is 79.3 Å². The molecule has 0 amide bonds. The number of rotatable bonds is 7. The van der Waals surface area contributed by atoms with Crippen LogP contribution in [-0.4, -0.2) is 68.1 Å². The molecular weight excluding hydrogens is 266 g/mol. The Kier molecular flexibility index (Phi) is 5.32. The fourth-order valence-corrected chi connectivity index (χ4v) is 3.05. The molecule has 19 heavy (non-hydrogen) atoms. The van der Waals surface area contributed by atoms with Gasteiger partial charge in [0.15, 0.2) is 0 Å². The first kappa shape index (κ1) is 14.4. The normalized spacial score (nSPS) is 17.7. The van der Waals surface area contributed by atoms with Crippen molar-refractivity contribution in [2.75, 3.05) is 45.0 Å². The molecule has 0 spiro atoms.